The van der Waals surface area contributed by atoms with E-state index in [-0.39, 0.29) is 5.41 Å². The van der Waals surface area contributed by atoms with Crippen LogP contribution in [0.3, 0.4) is 0 Å². The van der Waals surface area contributed by atoms with Gasteiger partial charge in [0.05, 0.1) is 0 Å². The normalized spacial score (nSPS) is 13.7. The standard InChI is InChI=1S/C45H30O2/c1-45(2)39-23-20-30(26-42(39)47-44-40(45)24-22-37-36-13-7-8-14-41(36)46-43(37)44)28-17-15-27(16-18-28)29-19-21-35-33-11-4-3-9-31(33)32-10-5-6-12-34(32)38(35)25-29/h3-26H,1-2H3. The molecule has 0 radical (unpaired) electrons. The number of fused-ring (bicyclic) bond motifs is 12. The predicted octanol–water partition coefficient (Wildman–Crippen LogP) is 12.8. The van der Waals surface area contributed by atoms with Gasteiger partial charge in [-0.1, -0.05) is 135 Å². The summed E-state index contributed by atoms with van der Waals surface area (Å²) >= 11 is 0. The van der Waals surface area contributed by atoms with E-state index in [2.05, 4.69) is 147 Å². The number of rotatable bonds is 2. The predicted molar refractivity (Wildman–Crippen MR) is 196 cm³/mol. The van der Waals surface area contributed by atoms with E-state index in [4.69, 9.17) is 9.15 Å². The molecule has 0 aliphatic carbocycles. The molecule has 0 bridgehead atoms. The van der Waals surface area contributed by atoms with Crippen LogP contribution in [0.1, 0.15) is 25.0 Å². The Kier molecular flexibility index (Phi) is 5.37. The summed E-state index contributed by atoms with van der Waals surface area (Å²) in [6, 6.07) is 52.5. The molecule has 2 heteroatoms. The molecule has 0 N–H and O–H groups in total. The average Bonchev–Trinajstić information content (AvgIpc) is 3.51. The number of para-hydroxylation sites is 1. The Balaban J connectivity index is 1.04. The van der Waals surface area contributed by atoms with Gasteiger partial charge in [-0.05, 0) is 78.8 Å². The first kappa shape index (κ1) is 26.4. The summed E-state index contributed by atoms with van der Waals surface area (Å²) in [7, 11) is 0. The summed E-state index contributed by atoms with van der Waals surface area (Å²) < 4.78 is 13.1. The van der Waals surface area contributed by atoms with Gasteiger partial charge in [-0.3, -0.25) is 0 Å². The van der Waals surface area contributed by atoms with Crippen molar-refractivity contribution in [3.63, 3.8) is 0 Å². The van der Waals surface area contributed by atoms with E-state index >= 15 is 0 Å². The minimum absolute atomic E-state index is 0.232. The van der Waals surface area contributed by atoms with E-state index < -0.39 is 0 Å². The van der Waals surface area contributed by atoms with Gasteiger partial charge in [-0.2, -0.15) is 0 Å². The quantitative estimate of drug-likeness (QED) is 0.184. The van der Waals surface area contributed by atoms with Crippen molar-refractivity contribution in [1.82, 2.24) is 0 Å². The molecule has 0 saturated heterocycles. The van der Waals surface area contributed by atoms with Crippen LogP contribution in [-0.4, -0.2) is 0 Å². The van der Waals surface area contributed by atoms with Crippen molar-refractivity contribution >= 4 is 54.3 Å². The Bertz CT molecular complexity index is 2690. The van der Waals surface area contributed by atoms with Crippen molar-refractivity contribution in [2.24, 2.45) is 0 Å². The SMILES string of the molecule is CC1(C)c2ccc(-c3ccc(-c4ccc5c6ccccc6c6ccccc6c5c4)cc3)cc2Oc2c1ccc1c2oc2ccccc21. The molecule has 0 saturated carbocycles. The molecule has 8 aromatic carbocycles. The fraction of sp³-hybridized carbons (Fsp3) is 0.0667. The molecule has 0 spiro atoms. The summed E-state index contributed by atoms with van der Waals surface area (Å²) in [5.74, 6) is 1.70. The topological polar surface area (TPSA) is 22.4 Å². The molecule has 47 heavy (non-hydrogen) atoms. The molecule has 2 nitrogen and oxygen atoms in total. The second-order valence-corrected chi connectivity index (χ2v) is 13.3. The summed E-state index contributed by atoms with van der Waals surface area (Å²) in [6.45, 7) is 4.54. The van der Waals surface area contributed by atoms with Crippen molar-refractivity contribution in [3.8, 4) is 33.8 Å². The van der Waals surface area contributed by atoms with Gasteiger partial charge in [0.1, 0.15) is 11.3 Å². The molecule has 10 rings (SSSR count). The molecule has 0 unspecified atom stereocenters. The molecule has 1 aromatic heterocycles. The fourth-order valence-electron chi connectivity index (χ4n) is 7.86. The minimum atomic E-state index is -0.232. The van der Waals surface area contributed by atoms with E-state index in [9.17, 15) is 0 Å². The van der Waals surface area contributed by atoms with Crippen LogP contribution in [0.15, 0.2) is 150 Å². The number of furan rings is 1. The van der Waals surface area contributed by atoms with Crippen molar-refractivity contribution in [1.29, 1.82) is 0 Å². The number of benzene rings is 8. The van der Waals surface area contributed by atoms with Gasteiger partial charge in [-0.25, -0.2) is 0 Å². The average molecular weight is 603 g/mol. The largest absolute Gasteiger partial charge is 0.453 e. The van der Waals surface area contributed by atoms with Crippen LogP contribution in [0.25, 0.3) is 76.5 Å². The summed E-state index contributed by atoms with van der Waals surface area (Å²) in [6.07, 6.45) is 0. The third kappa shape index (κ3) is 3.79. The number of hydrogen-bond acceptors (Lipinski definition) is 2. The van der Waals surface area contributed by atoms with Crippen LogP contribution in [0.5, 0.6) is 11.5 Å². The fourth-order valence-corrected chi connectivity index (χ4v) is 7.86. The van der Waals surface area contributed by atoms with Gasteiger partial charge >= 0.3 is 0 Å². The molecule has 0 amide bonds. The zero-order valence-electron chi connectivity index (χ0n) is 26.2. The molecule has 9 aromatic rings. The van der Waals surface area contributed by atoms with E-state index in [1.54, 1.807) is 0 Å². The number of ether oxygens (including phenoxy) is 1. The monoisotopic (exact) mass is 602 g/mol. The lowest BCUT2D eigenvalue weighted by Crippen LogP contribution is -2.24. The lowest BCUT2D eigenvalue weighted by atomic mass is 9.75. The second-order valence-electron chi connectivity index (χ2n) is 13.3. The van der Waals surface area contributed by atoms with Crippen LogP contribution in [-0.2, 0) is 5.41 Å². The molecule has 2 heterocycles. The maximum Gasteiger partial charge on any atom is 0.178 e. The molecule has 222 valence electrons. The highest BCUT2D eigenvalue weighted by molar-refractivity contribution is 6.25. The Morgan fingerprint density at radius 2 is 0.894 bits per heavy atom. The highest BCUT2D eigenvalue weighted by atomic mass is 16.5. The molecular formula is C45H30O2. The lowest BCUT2D eigenvalue weighted by molar-refractivity contribution is 0.415. The zero-order chi connectivity index (χ0) is 31.3. The first-order valence-electron chi connectivity index (χ1n) is 16.3. The minimum Gasteiger partial charge on any atom is -0.453 e. The highest BCUT2D eigenvalue weighted by Crippen LogP contribution is 2.52. The third-order valence-electron chi connectivity index (χ3n) is 10.3. The Morgan fingerprint density at radius 3 is 1.57 bits per heavy atom. The summed E-state index contributed by atoms with van der Waals surface area (Å²) in [5, 5.41) is 9.95. The number of hydrogen-bond donors (Lipinski definition) is 0. The van der Waals surface area contributed by atoms with Gasteiger partial charge in [0, 0.05) is 27.3 Å². The van der Waals surface area contributed by atoms with Crippen molar-refractivity contribution in [2.75, 3.05) is 0 Å². The van der Waals surface area contributed by atoms with Crippen LogP contribution in [0, 0.1) is 0 Å². The zero-order valence-corrected chi connectivity index (χ0v) is 26.2. The van der Waals surface area contributed by atoms with E-state index in [1.807, 2.05) is 12.1 Å². The van der Waals surface area contributed by atoms with Gasteiger partial charge in [0.15, 0.2) is 11.3 Å². The van der Waals surface area contributed by atoms with Crippen molar-refractivity contribution in [2.45, 2.75) is 19.3 Å². The van der Waals surface area contributed by atoms with Crippen molar-refractivity contribution in [3.05, 3.63) is 157 Å². The van der Waals surface area contributed by atoms with Gasteiger partial charge in [0.2, 0.25) is 0 Å². The Hall–Kier alpha value is -5.86. The summed E-state index contributed by atoms with van der Waals surface area (Å²) in [4.78, 5) is 0. The van der Waals surface area contributed by atoms with Crippen LogP contribution in [0.4, 0.5) is 0 Å². The van der Waals surface area contributed by atoms with E-state index in [1.165, 1.54) is 49.0 Å². The molecule has 0 fully saturated rings. The molecule has 1 aliphatic rings. The van der Waals surface area contributed by atoms with Crippen LogP contribution < -0.4 is 4.74 Å². The maximum atomic E-state index is 6.72. The summed E-state index contributed by atoms with van der Waals surface area (Å²) in [5.41, 5.74) is 8.48. The second kappa shape index (κ2) is 9.57. The van der Waals surface area contributed by atoms with Crippen LogP contribution in [0.2, 0.25) is 0 Å². The van der Waals surface area contributed by atoms with Crippen molar-refractivity contribution < 1.29 is 9.15 Å². The van der Waals surface area contributed by atoms with Crippen LogP contribution >= 0.6 is 0 Å². The van der Waals surface area contributed by atoms with E-state index in [0.717, 1.165) is 50.1 Å². The first-order chi connectivity index (χ1) is 23.0. The lowest BCUT2D eigenvalue weighted by Gasteiger charge is -2.34. The van der Waals surface area contributed by atoms with Gasteiger partial charge in [-0.15, -0.1) is 0 Å². The maximum absolute atomic E-state index is 6.72. The third-order valence-corrected chi connectivity index (χ3v) is 10.3. The Labute approximate surface area is 272 Å². The van der Waals surface area contributed by atoms with Gasteiger partial charge < -0.3 is 9.15 Å². The smallest absolute Gasteiger partial charge is 0.178 e. The first-order valence-corrected chi connectivity index (χ1v) is 16.3. The Morgan fingerprint density at radius 1 is 0.404 bits per heavy atom. The molecule has 0 atom stereocenters. The highest BCUT2D eigenvalue weighted by Gasteiger charge is 2.36. The molecule has 1 aliphatic heterocycles. The van der Waals surface area contributed by atoms with Gasteiger partial charge in [0.25, 0.3) is 0 Å². The molecular weight excluding hydrogens is 572 g/mol. The van der Waals surface area contributed by atoms with E-state index in [0.29, 0.717) is 0 Å².